The van der Waals surface area contributed by atoms with Crippen molar-refractivity contribution in [1.29, 1.82) is 0 Å². The number of nitrogens with one attached hydrogen (secondary N) is 3. The molecule has 0 bridgehead atoms. The maximum absolute atomic E-state index is 12.7. The molecule has 1 aliphatic rings. The number of methoxy groups -OCH3 is 1. The summed E-state index contributed by atoms with van der Waals surface area (Å²) in [6, 6.07) is 14.8. The average molecular weight is 553 g/mol. The maximum Gasteiger partial charge on any atom is 0.407 e. The first-order valence-electron chi connectivity index (χ1n) is 13.8. The summed E-state index contributed by atoms with van der Waals surface area (Å²) in [4.78, 5) is 41.7. The molecular weight excluding hydrogens is 520 g/mol. The van der Waals surface area contributed by atoms with Gasteiger partial charge in [-0.05, 0) is 52.8 Å². The number of H-pyrrole nitrogens is 2. The van der Waals surface area contributed by atoms with Gasteiger partial charge in [-0.15, -0.1) is 0 Å². The summed E-state index contributed by atoms with van der Waals surface area (Å²) in [5.74, 6) is 2.30. The lowest BCUT2D eigenvalue weighted by Gasteiger charge is -2.22. The van der Waals surface area contributed by atoms with Gasteiger partial charge in [-0.25, -0.2) is 14.8 Å². The highest BCUT2D eigenvalue weighted by Gasteiger charge is 2.21. The van der Waals surface area contributed by atoms with Gasteiger partial charge in [-0.2, -0.15) is 0 Å². The molecule has 0 aliphatic carbocycles. The number of aromatic nitrogens is 4. The van der Waals surface area contributed by atoms with Crippen LogP contribution in [0.1, 0.15) is 37.5 Å². The predicted molar refractivity (Wildman–Crippen MR) is 156 cm³/mol. The molecule has 3 heterocycles. The Kier molecular flexibility index (Phi) is 7.05. The van der Waals surface area contributed by atoms with E-state index in [0.717, 1.165) is 74.2 Å². The van der Waals surface area contributed by atoms with Gasteiger partial charge in [0.05, 0.1) is 36.6 Å². The molecule has 1 aliphatic heterocycles. The van der Waals surface area contributed by atoms with E-state index in [1.807, 2.05) is 6.92 Å². The molecule has 5 aromatic rings. The van der Waals surface area contributed by atoms with Crippen molar-refractivity contribution in [3.63, 3.8) is 0 Å². The zero-order valence-electron chi connectivity index (χ0n) is 23.3. The second-order valence-electron chi connectivity index (χ2n) is 10.1. The largest absolute Gasteiger partial charge is 0.488 e. The van der Waals surface area contributed by atoms with Crippen molar-refractivity contribution in [3.05, 3.63) is 65.9 Å². The van der Waals surface area contributed by atoms with Crippen LogP contribution >= 0.6 is 0 Å². The molecule has 10 nitrogen and oxygen atoms in total. The number of benzene rings is 3. The maximum atomic E-state index is 12.7. The number of amides is 2. The van der Waals surface area contributed by atoms with Gasteiger partial charge >= 0.3 is 6.09 Å². The third-order valence-corrected chi connectivity index (χ3v) is 7.43. The Labute approximate surface area is 237 Å². The molecule has 6 rings (SSSR count). The minimum Gasteiger partial charge on any atom is -0.488 e. The summed E-state index contributed by atoms with van der Waals surface area (Å²) < 4.78 is 10.8. The Morgan fingerprint density at radius 1 is 1.07 bits per heavy atom. The number of imidazole rings is 2. The zero-order valence-corrected chi connectivity index (χ0v) is 23.3. The van der Waals surface area contributed by atoms with Crippen molar-refractivity contribution in [2.75, 3.05) is 20.2 Å². The number of ether oxygens (including phenoxy) is 2. The Morgan fingerprint density at radius 2 is 1.95 bits per heavy atom. The monoisotopic (exact) mass is 552 g/mol. The third-order valence-electron chi connectivity index (χ3n) is 7.43. The molecular formula is C31H32N6O4. The number of nitrogens with zero attached hydrogens (tertiary/aromatic N) is 3. The number of alkyl carbamates (subject to hydrolysis) is 1. The molecule has 0 radical (unpaired) electrons. The SMILES string of the molecule is CCCN(Cc1ncc(-c2ccc3c(c2)COc2cc4c(ccc5[nH]c(CC)nc54)cc2-3)[nH]1)C(=O)CNC(=O)OC. The second-order valence-corrected chi connectivity index (χ2v) is 10.1. The fourth-order valence-electron chi connectivity index (χ4n) is 5.34. The van der Waals surface area contributed by atoms with Gasteiger partial charge in [-0.3, -0.25) is 4.79 Å². The highest BCUT2D eigenvalue weighted by Crippen LogP contribution is 2.42. The number of hydrogen-bond acceptors (Lipinski definition) is 6. The van der Waals surface area contributed by atoms with Crippen molar-refractivity contribution in [2.24, 2.45) is 0 Å². The molecule has 41 heavy (non-hydrogen) atoms. The van der Waals surface area contributed by atoms with Crippen LogP contribution in [0.3, 0.4) is 0 Å². The highest BCUT2D eigenvalue weighted by molar-refractivity contribution is 6.07. The molecule has 2 aromatic heterocycles. The molecule has 2 amide bonds. The smallest absolute Gasteiger partial charge is 0.407 e. The Hall–Kier alpha value is -4.86. The van der Waals surface area contributed by atoms with E-state index in [1.165, 1.54) is 7.11 Å². The summed E-state index contributed by atoms with van der Waals surface area (Å²) in [6.07, 6.45) is 2.78. The van der Waals surface area contributed by atoms with Crippen molar-refractivity contribution < 1.29 is 19.1 Å². The number of rotatable bonds is 8. The van der Waals surface area contributed by atoms with E-state index in [0.29, 0.717) is 25.5 Å². The van der Waals surface area contributed by atoms with Crippen LogP contribution < -0.4 is 10.1 Å². The number of fused-ring (bicyclic) bond motifs is 6. The normalized spacial score (nSPS) is 12.1. The van der Waals surface area contributed by atoms with Gasteiger partial charge in [0.25, 0.3) is 0 Å². The van der Waals surface area contributed by atoms with Crippen LogP contribution in [0, 0.1) is 0 Å². The van der Waals surface area contributed by atoms with Crippen LogP contribution in [0.25, 0.3) is 44.2 Å². The highest BCUT2D eigenvalue weighted by atomic mass is 16.5. The second kappa shape index (κ2) is 11.0. The van der Waals surface area contributed by atoms with E-state index in [9.17, 15) is 9.59 Å². The summed E-state index contributed by atoms with van der Waals surface area (Å²) in [5, 5.41) is 4.65. The number of hydrogen-bond donors (Lipinski definition) is 3. The van der Waals surface area contributed by atoms with E-state index in [-0.39, 0.29) is 12.5 Å². The standard InChI is InChI=1S/C31H32N6O4/c1-4-10-37(29(38)15-33-31(39)40-3)16-28-32-14-25(35-28)19-6-8-21-20(11-19)17-41-26-13-22-18(12-23(21)26)7-9-24-30(22)36-27(5-2)34-24/h6-9,11-14H,4-5,10,15-17H2,1-3H3,(H,32,35)(H,33,39)(H,34,36). The molecule has 0 unspecified atom stereocenters. The quantitative estimate of drug-likeness (QED) is 0.239. The van der Waals surface area contributed by atoms with E-state index in [1.54, 1.807) is 11.1 Å². The lowest BCUT2D eigenvalue weighted by Crippen LogP contribution is -2.40. The molecule has 0 saturated heterocycles. The number of carbonyl (C=O) groups excluding carboxylic acids is 2. The molecule has 3 aromatic carbocycles. The topological polar surface area (TPSA) is 125 Å². The first-order valence-corrected chi connectivity index (χ1v) is 13.8. The molecule has 3 N–H and O–H groups in total. The summed E-state index contributed by atoms with van der Waals surface area (Å²) in [6.45, 7) is 5.29. The number of aromatic amines is 2. The van der Waals surface area contributed by atoms with Crippen molar-refractivity contribution in [1.82, 2.24) is 30.2 Å². The third kappa shape index (κ3) is 5.08. The van der Waals surface area contributed by atoms with Crippen molar-refractivity contribution in [3.8, 4) is 28.1 Å². The Balaban J connectivity index is 1.24. The van der Waals surface area contributed by atoms with E-state index < -0.39 is 6.09 Å². The Bertz CT molecular complexity index is 1770. The molecule has 0 atom stereocenters. The number of aryl methyl sites for hydroxylation is 1. The van der Waals surface area contributed by atoms with Gasteiger partial charge in [0, 0.05) is 23.9 Å². The van der Waals surface area contributed by atoms with E-state index in [2.05, 4.69) is 74.4 Å². The van der Waals surface area contributed by atoms with Crippen LogP contribution in [0.15, 0.2) is 48.7 Å². The predicted octanol–water partition coefficient (Wildman–Crippen LogP) is 5.32. The molecule has 0 spiro atoms. The van der Waals surface area contributed by atoms with Crippen LogP contribution in [-0.2, 0) is 29.1 Å². The molecule has 0 fully saturated rings. The average Bonchev–Trinajstić information content (AvgIpc) is 3.65. The van der Waals surface area contributed by atoms with Crippen LogP contribution in [0.4, 0.5) is 4.79 Å². The fourth-order valence-corrected chi connectivity index (χ4v) is 5.34. The summed E-state index contributed by atoms with van der Waals surface area (Å²) >= 11 is 0. The van der Waals surface area contributed by atoms with Gasteiger partial charge in [0.1, 0.15) is 30.5 Å². The molecule has 210 valence electrons. The first-order chi connectivity index (χ1) is 20.0. The van der Waals surface area contributed by atoms with Crippen LogP contribution in [0.5, 0.6) is 5.75 Å². The van der Waals surface area contributed by atoms with Crippen LogP contribution in [0.2, 0.25) is 0 Å². The van der Waals surface area contributed by atoms with Crippen molar-refractivity contribution >= 4 is 33.8 Å². The summed E-state index contributed by atoms with van der Waals surface area (Å²) in [5.41, 5.74) is 7.16. The van der Waals surface area contributed by atoms with Crippen molar-refractivity contribution in [2.45, 2.75) is 39.8 Å². The minimum atomic E-state index is -0.636. The van der Waals surface area contributed by atoms with Gasteiger partial charge in [0.2, 0.25) is 5.91 Å². The van der Waals surface area contributed by atoms with Gasteiger partial charge < -0.3 is 29.7 Å². The van der Waals surface area contributed by atoms with Gasteiger partial charge in [-0.1, -0.05) is 32.0 Å². The molecule has 10 heteroatoms. The summed E-state index contributed by atoms with van der Waals surface area (Å²) in [7, 11) is 1.27. The Morgan fingerprint density at radius 3 is 2.76 bits per heavy atom. The lowest BCUT2D eigenvalue weighted by molar-refractivity contribution is -0.130. The van der Waals surface area contributed by atoms with E-state index >= 15 is 0 Å². The van der Waals surface area contributed by atoms with Gasteiger partial charge in [0.15, 0.2) is 0 Å². The fraction of sp³-hybridized carbons (Fsp3) is 0.290. The first kappa shape index (κ1) is 26.4. The number of carbonyl (C=O) groups is 2. The zero-order chi connectivity index (χ0) is 28.5. The van der Waals surface area contributed by atoms with Crippen LogP contribution in [-0.4, -0.2) is 57.0 Å². The lowest BCUT2D eigenvalue weighted by atomic mass is 9.92. The molecule has 0 saturated carbocycles. The minimum absolute atomic E-state index is 0.131. The van der Waals surface area contributed by atoms with E-state index in [4.69, 9.17) is 9.72 Å².